The summed E-state index contributed by atoms with van der Waals surface area (Å²) in [5, 5.41) is 3.75. The highest BCUT2D eigenvalue weighted by Crippen LogP contribution is 2.31. The Balaban J connectivity index is 1.66. The molecule has 1 aliphatic heterocycles. The Kier molecular flexibility index (Phi) is 4.64. The lowest BCUT2D eigenvalue weighted by Crippen LogP contribution is -2.29. The van der Waals surface area contributed by atoms with E-state index in [0.29, 0.717) is 0 Å². The summed E-state index contributed by atoms with van der Waals surface area (Å²) in [6.07, 6.45) is -6.37. The molecule has 0 saturated carbocycles. The minimum absolute atomic E-state index is 0.0839. The second-order valence-electron chi connectivity index (χ2n) is 6.57. The number of benzene rings is 2. The largest absolute Gasteiger partial charge is 0.416 e. The number of imide groups is 1. The average Bonchev–Trinajstić information content (AvgIpc) is 3.24. The monoisotopic (exact) mass is 421 g/mol. The molecule has 2 heterocycles. The van der Waals surface area contributed by atoms with Crippen molar-refractivity contribution < 1.29 is 31.5 Å². The van der Waals surface area contributed by atoms with E-state index in [0.717, 1.165) is 33.8 Å². The van der Waals surface area contributed by atoms with Gasteiger partial charge in [0.15, 0.2) is 0 Å². The molecule has 0 atom stereocenters. The van der Waals surface area contributed by atoms with Gasteiger partial charge in [0, 0.05) is 11.8 Å². The number of hydrogen-bond donors (Lipinski definition) is 0. The van der Waals surface area contributed by atoms with Gasteiger partial charge in [-0.15, -0.1) is 0 Å². The maximum absolute atomic E-state index is 13.5. The minimum atomic E-state index is -4.53. The lowest BCUT2D eigenvalue weighted by atomic mass is 10.1. The topological polar surface area (TPSA) is 55.2 Å². The van der Waals surface area contributed by atoms with Crippen molar-refractivity contribution >= 4 is 11.8 Å². The highest BCUT2D eigenvalue weighted by Gasteiger charge is 2.36. The Bertz CT molecular complexity index is 1100. The molecule has 0 bridgehead atoms. The van der Waals surface area contributed by atoms with Crippen LogP contribution >= 0.6 is 0 Å². The Morgan fingerprint density at radius 1 is 0.900 bits per heavy atom. The number of fused-ring (bicyclic) bond motifs is 1. The fourth-order valence-corrected chi connectivity index (χ4v) is 3.22. The summed E-state index contributed by atoms with van der Waals surface area (Å²) in [5.74, 6) is -1.23. The van der Waals surface area contributed by atoms with Crippen LogP contribution in [0.2, 0.25) is 0 Å². The summed E-state index contributed by atoms with van der Waals surface area (Å²) in [6.45, 7) is -0.438. The molecule has 5 nitrogen and oxygen atoms in total. The molecule has 1 aliphatic rings. The molecule has 2 aromatic carbocycles. The van der Waals surface area contributed by atoms with Crippen LogP contribution in [0.3, 0.4) is 0 Å². The third-order valence-electron chi connectivity index (χ3n) is 4.70. The predicted octanol–water partition coefficient (Wildman–Crippen LogP) is 4.62. The molecule has 30 heavy (non-hydrogen) atoms. The zero-order valence-electron chi connectivity index (χ0n) is 15.0. The highest BCUT2D eigenvalue weighted by atomic mass is 19.4. The SMILES string of the molecule is O=C1c2ccccc2C(=O)N1Cc1cn(-c2ccc(C(F)(F)F)cc2)nc1C(F)F. The second-order valence-corrected chi connectivity index (χ2v) is 6.57. The van der Waals surface area contributed by atoms with Gasteiger partial charge in [0.25, 0.3) is 18.2 Å². The molecule has 1 aromatic heterocycles. The lowest BCUT2D eigenvalue weighted by Gasteiger charge is -2.13. The van der Waals surface area contributed by atoms with Gasteiger partial charge in [-0.25, -0.2) is 13.5 Å². The van der Waals surface area contributed by atoms with E-state index < -0.39 is 42.2 Å². The fourth-order valence-electron chi connectivity index (χ4n) is 3.22. The van der Waals surface area contributed by atoms with E-state index in [1.54, 1.807) is 12.1 Å². The van der Waals surface area contributed by atoms with Crippen LogP contribution in [0, 0.1) is 0 Å². The summed E-state index contributed by atoms with van der Waals surface area (Å²) in [5.41, 5.74) is -1.16. The Morgan fingerprint density at radius 2 is 1.47 bits per heavy atom. The number of rotatable bonds is 4. The quantitative estimate of drug-likeness (QED) is 0.456. The van der Waals surface area contributed by atoms with E-state index in [2.05, 4.69) is 5.10 Å². The third kappa shape index (κ3) is 3.34. The number of alkyl halides is 5. The fraction of sp³-hybridized carbons (Fsp3) is 0.150. The summed E-state index contributed by atoms with van der Waals surface area (Å²) in [4.78, 5) is 25.8. The van der Waals surface area contributed by atoms with Gasteiger partial charge < -0.3 is 0 Å². The van der Waals surface area contributed by atoms with Crippen LogP contribution in [0.1, 0.15) is 44.0 Å². The molecular formula is C20H12F5N3O2. The van der Waals surface area contributed by atoms with Gasteiger partial charge in [0.05, 0.1) is 28.9 Å². The molecule has 0 N–H and O–H groups in total. The molecule has 0 aliphatic carbocycles. The first-order valence-corrected chi connectivity index (χ1v) is 8.66. The van der Waals surface area contributed by atoms with Crippen molar-refractivity contribution in [2.75, 3.05) is 0 Å². The van der Waals surface area contributed by atoms with Gasteiger partial charge >= 0.3 is 6.18 Å². The van der Waals surface area contributed by atoms with Crippen LogP contribution in [-0.2, 0) is 12.7 Å². The van der Waals surface area contributed by atoms with Crippen molar-refractivity contribution in [2.24, 2.45) is 0 Å². The van der Waals surface area contributed by atoms with Crippen LogP contribution < -0.4 is 0 Å². The number of aromatic nitrogens is 2. The number of carbonyl (C=O) groups is 2. The number of halogens is 5. The molecule has 10 heteroatoms. The molecule has 154 valence electrons. The molecular weight excluding hydrogens is 409 g/mol. The van der Waals surface area contributed by atoms with E-state index in [1.807, 2.05) is 0 Å². The maximum Gasteiger partial charge on any atom is 0.416 e. The lowest BCUT2D eigenvalue weighted by molar-refractivity contribution is -0.137. The zero-order valence-corrected chi connectivity index (χ0v) is 15.0. The highest BCUT2D eigenvalue weighted by molar-refractivity contribution is 6.21. The third-order valence-corrected chi connectivity index (χ3v) is 4.70. The number of amides is 2. The summed E-state index contributed by atoms with van der Waals surface area (Å²) in [7, 11) is 0. The van der Waals surface area contributed by atoms with Crippen molar-refractivity contribution in [1.29, 1.82) is 0 Å². The van der Waals surface area contributed by atoms with Crippen molar-refractivity contribution in [3.63, 3.8) is 0 Å². The molecule has 0 unspecified atom stereocenters. The minimum Gasteiger partial charge on any atom is -0.270 e. The van der Waals surface area contributed by atoms with E-state index in [9.17, 15) is 31.5 Å². The van der Waals surface area contributed by atoms with Crippen molar-refractivity contribution in [3.05, 3.63) is 82.7 Å². The van der Waals surface area contributed by atoms with Gasteiger partial charge in [-0.3, -0.25) is 14.5 Å². The predicted molar refractivity (Wildman–Crippen MR) is 94.2 cm³/mol. The number of carbonyl (C=O) groups excluding carboxylic acids is 2. The first kappa shape index (κ1) is 19.7. The molecule has 0 fully saturated rings. The van der Waals surface area contributed by atoms with Gasteiger partial charge in [-0.2, -0.15) is 18.3 Å². The molecule has 3 aromatic rings. The number of hydrogen-bond acceptors (Lipinski definition) is 3. The Hall–Kier alpha value is -3.56. The Morgan fingerprint density at radius 3 is 1.97 bits per heavy atom. The molecule has 0 spiro atoms. The van der Waals surface area contributed by atoms with Crippen LogP contribution in [0.25, 0.3) is 5.69 Å². The molecule has 0 saturated heterocycles. The molecule has 2 amide bonds. The first-order chi connectivity index (χ1) is 14.2. The summed E-state index contributed by atoms with van der Waals surface area (Å²) >= 11 is 0. The van der Waals surface area contributed by atoms with Gasteiger partial charge in [0.2, 0.25) is 0 Å². The second kappa shape index (κ2) is 7.05. The van der Waals surface area contributed by atoms with Crippen LogP contribution in [0.15, 0.2) is 54.7 Å². The van der Waals surface area contributed by atoms with E-state index in [1.165, 1.54) is 18.3 Å². The first-order valence-electron chi connectivity index (χ1n) is 8.66. The van der Waals surface area contributed by atoms with Crippen LogP contribution in [-0.4, -0.2) is 26.5 Å². The normalized spacial score (nSPS) is 14.0. The van der Waals surface area contributed by atoms with Gasteiger partial charge in [-0.05, 0) is 36.4 Å². The van der Waals surface area contributed by atoms with Crippen molar-refractivity contribution in [2.45, 2.75) is 19.1 Å². The maximum atomic E-state index is 13.5. The van der Waals surface area contributed by atoms with E-state index >= 15 is 0 Å². The van der Waals surface area contributed by atoms with Crippen molar-refractivity contribution in [3.8, 4) is 5.69 Å². The van der Waals surface area contributed by atoms with Crippen LogP contribution in [0.5, 0.6) is 0 Å². The summed E-state index contributed by atoms with van der Waals surface area (Å²) in [6, 6.07) is 9.91. The molecule has 0 radical (unpaired) electrons. The summed E-state index contributed by atoms with van der Waals surface area (Å²) < 4.78 is 66.1. The van der Waals surface area contributed by atoms with Gasteiger partial charge in [0.1, 0.15) is 5.69 Å². The van der Waals surface area contributed by atoms with E-state index in [4.69, 9.17) is 0 Å². The van der Waals surface area contributed by atoms with Crippen LogP contribution in [0.4, 0.5) is 22.0 Å². The average molecular weight is 421 g/mol. The zero-order chi connectivity index (χ0) is 21.6. The Labute approximate surface area is 166 Å². The van der Waals surface area contributed by atoms with Crippen molar-refractivity contribution in [1.82, 2.24) is 14.7 Å². The van der Waals surface area contributed by atoms with Gasteiger partial charge in [-0.1, -0.05) is 12.1 Å². The number of nitrogens with zero attached hydrogens (tertiary/aromatic N) is 3. The van der Waals surface area contributed by atoms with E-state index in [-0.39, 0.29) is 22.4 Å². The molecule has 4 rings (SSSR count). The standard InChI is InChI=1S/C20H12F5N3O2/c21-17(22)16-11(9-27-18(29)14-3-1-2-4-15(14)19(27)30)10-28(26-16)13-7-5-12(6-8-13)20(23,24)25/h1-8,10,17H,9H2. The smallest absolute Gasteiger partial charge is 0.270 e.